The molecule has 92 valence electrons. The number of rotatable bonds is 2. The van der Waals surface area contributed by atoms with Gasteiger partial charge in [0.2, 0.25) is 0 Å². The van der Waals surface area contributed by atoms with E-state index in [1.165, 1.54) is 5.56 Å². The van der Waals surface area contributed by atoms with Crippen LogP contribution in [0.1, 0.15) is 18.2 Å². The van der Waals surface area contributed by atoms with Crippen LogP contribution in [-0.4, -0.2) is 19.7 Å². The number of hydrogen-bond donors (Lipinski definition) is 1. The van der Waals surface area contributed by atoms with Gasteiger partial charge >= 0.3 is 0 Å². The summed E-state index contributed by atoms with van der Waals surface area (Å²) in [7, 11) is 0. The standard InChI is InChI=1S/C14H16N4/c1-4-18-13(8-10(3)17-18)14-15-11-6-5-9(2)7-12(11)16-14/h5-8H,4H2,1-3H3,(H,15,16). The second-order valence-electron chi connectivity index (χ2n) is 4.59. The fourth-order valence-corrected chi connectivity index (χ4v) is 2.22. The number of aryl methyl sites for hydroxylation is 3. The van der Waals surface area contributed by atoms with E-state index in [0.717, 1.165) is 34.8 Å². The Morgan fingerprint density at radius 3 is 2.83 bits per heavy atom. The van der Waals surface area contributed by atoms with Crippen LogP contribution >= 0.6 is 0 Å². The highest BCUT2D eigenvalue weighted by Gasteiger charge is 2.11. The molecule has 1 N–H and O–H groups in total. The minimum absolute atomic E-state index is 0.846. The van der Waals surface area contributed by atoms with Crippen molar-refractivity contribution in [3.05, 3.63) is 35.5 Å². The van der Waals surface area contributed by atoms with Crippen molar-refractivity contribution in [3.8, 4) is 11.5 Å². The number of nitrogens with zero attached hydrogens (tertiary/aromatic N) is 3. The van der Waals surface area contributed by atoms with Crippen molar-refractivity contribution in [1.29, 1.82) is 0 Å². The van der Waals surface area contributed by atoms with Crippen molar-refractivity contribution in [2.45, 2.75) is 27.3 Å². The van der Waals surface area contributed by atoms with E-state index in [2.05, 4.69) is 47.1 Å². The Morgan fingerprint density at radius 1 is 1.22 bits per heavy atom. The molecule has 0 radical (unpaired) electrons. The molecule has 0 saturated heterocycles. The number of aromatic nitrogens is 4. The number of aromatic amines is 1. The molecular formula is C14H16N4. The third-order valence-corrected chi connectivity index (χ3v) is 3.08. The lowest BCUT2D eigenvalue weighted by atomic mass is 10.2. The van der Waals surface area contributed by atoms with E-state index in [1.54, 1.807) is 0 Å². The molecule has 0 unspecified atom stereocenters. The van der Waals surface area contributed by atoms with Gasteiger partial charge in [-0.1, -0.05) is 6.07 Å². The van der Waals surface area contributed by atoms with Gasteiger partial charge in [-0.05, 0) is 44.5 Å². The minimum Gasteiger partial charge on any atom is -0.337 e. The second-order valence-corrected chi connectivity index (χ2v) is 4.59. The lowest BCUT2D eigenvalue weighted by Crippen LogP contribution is -1.99. The predicted molar refractivity (Wildman–Crippen MR) is 72.5 cm³/mol. The van der Waals surface area contributed by atoms with Gasteiger partial charge in [0.05, 0.1) is 16.7 Å². The van der Waals surface area contributed by atoms with Gasteiger partial charge in [-0.25, -0.2) is 4.98 Å². The summed E-state index contributed by atoms with van der Waals surface area (Å²) in [6.07, 6.45) is 0. The molecule has 0 saturated carbocycles. The number of benzene rings is 1. The van der Waals surface area contributed by atoms with E-state index in [9.17, 15) is 0 Å². The zero-order valence-corrected chi connectivity index (χ0v) is 10.9. The molecule has 0 aliphatic rings. The van der Waals surface area contributed by atoms with Crippen molar-refractivity contribution in [2.24, 2.45) is 0 Å². The predicted octanol–water partition coefficient (Wildman–Crippen LogP) is 3.06. The summed E-state index contributed by atoms with van der Waals surface area (Å²) >= 11 is 0. The van der Waals surface area contributed by atoms with E-state index in [-0.39, 0.29) is 0 Å². The van der Waals surface area contributed by atoms with Crippen LogP contribution in [0.3, 0.4) is 0 Å². The summed E-state index contributed by atoms with van der Waals surface area (Å²) in [6, 6.07) is 8.30. The van der Waals surface area contributed by atoms with E-state index in [1.807, 2.05) is 17.7 Å². The summed E-state index contributed by atoms with van der Waals surface area (Å²) in [6.45, 7) is 7.02. The lowest BCUT2D eigenvalue weighted by Gasteiger charge is -1.99. The molecule has 3 rings (SSSR count). The summed E-state index contributed by atoms with van der Waals surface area (Å²) in [5, 5.41) is 4.45. The van der Waals surface area contributed by atoms with E-state index < -0.39 is 0 Å². The van der Waals surface area contributed by atoms with Crippen molar-refractivity contribution >= 4 is 11.0 Å². The molecule has 1 aromatic carbocycles. The number of H-pyrrole nitrogens is 1. The van der Waals surface area contributed by atoms with Crippen LogP contribution in [0.15, 0.2) is 24.3 Å². The molecule has 0 bridgehead atoms. The fourth-order valence-electron chi connectivity index (χ4n) is 2.22. The monoisotopic (exact) mass is 240 g/mol. The third-order valence-electron chi connectivity index (χ3n) is 3.08. The number of hydrogen-bond acceptors (Lipinski definition) is 2. The Labute approximate surface area is 106 Å². The first-order valence-electron chi connectivity index (χ1n) is 6.18. The Kier molecular flexibility index (Phi) is 2.44. The van der Waals surface area contributed by atoms with Crippen LogP contribution in [0.5, 0.6) is 0 Å². The SMILES string of the molecule is CCn1nc(C)cc1-c1nc2ccc(C)cc2[nH]1. The first-order chi connectivity index (χ1) is 8.67. The molecule has 4 heteroatoms. The summed E-state index contributed by atoms with van der Waals surface area (Å²) in [5.41, 5.74) is 5.37. The number of imidazole rings is 1. The smallest absolute Gasteiger partial charge is 0.156 e. The Balaban J connectivity index is 2.18. The molecule has 4 nitrogen and oxygen atoms in total. The average Bonchev–Trinajstić information content (AvgIpc) is 2.91. The quantitative estimate of drug-likeness (QED) is 0.748. The molecule has 0 aliphatic heterocycles. The second kappa shape index (κ2) is 3.98. The van der Waals surface area contributed by atoms with Gasteiger partial charge < -0.3 is 4.98 Å². The molecule has 0 amide bonds. The number of fused-ring (bicyclic) bond motifs is 1. The van der Waals surface area contributed by atoms with Crippen LogP contribution in [0.4, 0.5) is 0 Å². The number of nitrogens with one attached hydrogen (secondary N) is 1. The maximum Gasteiger partial charge on any atom is 0.156 e. The van der Waals surface area contributed by atoms with Crippen molar-refractivity contribution < 1.29 is 0 Å². The maximum absolute atomic E-state index is 4.63. The van der Waals surface area contributed by atoms with Gasteiger partial charge in [-0.15, -0.1) is 0 Å². The normalized spacial score (nSPS) is 11.3. The van der Waals surface area contributed by atoms with Crippen molar-refractivity contribution in [1.82, 2.24) is 19.7 Å². The highest BCUT2D eigenvalue weighted by Crippen LogP contribution is 2.22. The molecular weight excluding hydrogens is 224 g/mol. The highest BCUT2D eigenvalue weighted by atomic mass is 15.3. The Hall–Kier alpha value is -2.10. The summed E-state index contributed by atoms with van der Waals surface area (Å²) in [5.74, 6) is 0.887. The van der Waals surface area contributed by atoms with Crippen LogP contribution in [0, 0.1) is 13.8 Å². The largest absolute Gasteiger partial charge is 0.337 e. The van der Waals surface area contributed by atoms with Gasteiger partial charge in [0, 0.05) is 6.54 Å². The maximum atomic E-state index is 4.63. The van der Waals surface area contributed by atoms with Gasteiger partial charge in [-0.2, -0.15) is 5.10 Å². The lowest BCUT2D eigenvalue weighted by molar-refractivity contribution is 0.658. The first kappa shape index (κ1) is 11.0. The van der Waals surface area contributed by atoms with E-state index in [0.29, 0.717) is 0 Å². The summed E-state index contributed by atoms with van der Waals surface area (Å²) in [4.78, 5) is 8.00. The molecule has 2 heterocycles. The van der Waals surface area contributed by atoms with Crippen molar-refractivity contribution in [3.63, 3.8) is 0 Å². The minimum atomic E-state index is 0.846. The van der Waals surface area contributed by atoms with E-state index in [4.69, 9.17) is 0 Å². The first-order valence-corrected chi connectivity index (χ1v) is 6.18. The summed E-state index contributed by atoms with van der Waals surface area (Å²) < 4.78 is 1.97. The molecule has 0 atom stereocenters. The zero-order chi connectivity index (χ0) is 12.7. The molecule has 0 spiro atoms. The average molecular weight is 240 g/mol. The van der Waals surface area contributed by atoms with Crippen LogP contribution in [-0.2, 0) is 6.54 Å². The van der Waals surface area contributed by atoms with Gasteiger partial charge in [0.25, 0.3) is 0 Å². The topological polar surface area (TPSA) is 46.5 Å². The van der Waals surface area contributed by atoms with Crippen LogP contribution in [0.2, 0.25) is 0 Å². The highest BCUT2D eigenvalue weighted by molar-refractivity contribution is 5.79. The molecule has 0 fully saturated rings. The van der Waals surface area contributed by atoms with Gasteiger partial charge in [-0.3, -0.25) is 4.68 Å². The van der Waals surface area contributed by atoms with Crippen LogP contribution in [0.25, 0.3) is 22.6 Å². The molecule has 0 aliphatic carbocycles. The fraction of sp³-hybridized carbons (Fsp3) is 0.286. The molecule has 2 aromatic heterocycles. The van der Waals surface area contributed by atoms with Gasteiger partial charge in [0.15, 0.2) is 5.82 Å². The Morgan fingerprint density at radius 2 is 2.06 bits per heavy atom. The molecule has 18 heavy (non-hydrogen) atoms. The van der Waals surface area contributed by atoms with Crippen LogP contribution < -0.4 is 0 Å². The van der Waals surface area contributed by atoms with E-state index >= 15 is 0 Å². The zero-order valence-electron chi connectivity index (χ0n) is 10.9. The Bertz CT molecular complexity index is 706. The third kappa shape index (κ3) is 1.70. The molecule has 3 aromatic rings. The van der Waals surface area contributed by atoms with Gasteiger partial charge in [0.1, 0.15) is 5.69 Å². The van der Waals surface area contributed by atoms with Crippen molar-refractivity contribution in [2.75, 3.05) is 0 Å².